The standard InChI is InChI=1S/C14H17N3O5S2/c1-23(18,19)13-5-4-12(14-11(13)3-2-6-15-14)16-24(20,21)17-7-9-22-10-8-17/h2-6,16H,7-10H2,1H3. The summed E-state index contributed by atoms with van der Waals surface area (Å²) in [6.45, 7) is 1.21. The number of sulfone groups is 1. The van der Waals surface area contributed by atoms with Crippen molar-refractivity contribution in [1.29, 1.82) is 0 Å². The fourth-order valence-corrected chi connectivity index (χ4v) is 4.62. The number of aromatic nitrogens is 1. The SMILES string of the molecule is CS(=O)(=O)c1ccc(NS(=O)(=O)N2CCOCC2)c2ncccc12. The Balaban J connectivity index is 2.05. The lowest BCUT2D eigenvalue weighted by Gasteiger charge is -2.26. The highest BCUT2D eigenvalue weighted by atomic mass is 32.2. The zero-order valence-corrected chi connectivity index (χ0v) is 14.6. The summed E-state index contributed by atoms with van der Waals surface area (Å²) in [6, 6.07) is 6.02. The van der Waals surface area contributed by atoms with Gasteiger partial charge in [0.1, 0.15) is 0 Å². The minimum Gasteiger partial charge on any atom is -0.379 e. The van der Waals surface area contributed by atoms with E-state index in [1.54, 1.807) is 12.1 Å². The van der Waals surface area contributed by atoms with E-state index in [2.05, 4.69) is 9.71 Å². The molecule has 1 aromatic heterocycles. The predicted molar refractivity (Wildman–Crippen MR) is 89.8 cm³/mol. The van der Waals surface area contributed by atoms with Gasteiger partial charge in [-0.2, -0.15) is 12.7 Å². The molecule has 8 nitrogen and oxygen atoms in total. The Kier molecular flexibility index (Phi) is 4.47. The number of anilines is 1. The summed E-state index contributed by atoms with van der Waals surface area (Å²) in [5.41, 5.74) is 0.529. The van der Waals surface area contributed by atoms with Gasteiger partial charge in [-0.05, 0) is 24.3 Å². The van der Waals surface area contributed by atoms with E-state index in [0.717, 1.165) is 6.26 Å². The first kappa shape index (κ1) is 17.1. The number of hydrogen-bond acceptors (Lipinski definition) is 6. The molecule has 1 aliphatic rings. The Morgan fingerprint density at radius 2 is 1.83 bits per heavy atom. The van der Waals surface area contributed by atoms with E-state index in [-0.39, 0.29) is 29.2 Å². The van der Waals surface area contributed by atoms with Gasteiger partial charge in [0.25, 0.3) is 0 Å². The summed E-state index contributed by atoms with van der Waals surface area (Å²) in [5, 5.41) is 0.377. The molecule has 3 rings (SSSR count). The van der Waals surface area contributed by atoms with E-state index in [9.17, 15) is 16.8 Å². The van der Waals surface area contributed by atoms with Crippen molar-refractivity contribution in [2.75, 3.05) is 37.3 Å². The van der Waals surface area contributed by atoms with E-state index in [1.807, 2.05) is 0 Å². The topological polar surface area (TPSA) is 106 Å². The van der Waals surface area contributed by atoms with Gasteiger partial charge < -0.3 is 4.74 Å². The van der Waals surface area contributed by atoms with Crippen LogP contribution in [0.5, 0.6) is 0 Å². The second kappa shape index (κ2) is 6.28. The number of fused-ring (bicyclic) bond motifs is 1. The van der Waals surface area contributed by atoms with Crippen LogP contribution >= 0.6 is 0 Å². The summed E-state index contributed by atoms with van der Waals surface area (Å²) in [5.74, 6) is 0. The number of pyridine rings is 1. The molecule has 130 valence electrons. The van der Waals surface area contributed by atoms with Gasteiger partial charge in [0.05, 0.1) is 29.3 Å². The van der Waals surface area contributed by atoms with E-state index in [0.29, 0.717) is 18.6 Å². The molecule has 2 aromatic rings. The molecule has 1 aromatic carbocycles. The van der Waals surface area contributed by atoms with Gasteiger partial charge in [0.2, 0.25) is 0 Å². The molecular formula is C14H17N3O5S2. The number of hydrogen-bond donors (Lipinski definition) is 1. The largest absolute Gasteiger partial charge is 0.379 e. The Morgan fingerprint density at radius 1 is 1.12 bits per heavy atom. The maximum absolute atomic E-state index is 12.5. The highest BCUT2D eigenvalue weighted by Crippen LogP contribution is 2.28. The normalized spacial score (nSPS) is 17.0. The van der Waals surface area contributed by atoms with Crippen molar-refractivity contribution < 1.29 is 21.6 Å². The van der Waals surface area contributed by atoms with Gasteiger partial charge in [0.15, 0.2) is 9.84 Å². The molecular weight excluding hydrogens is 354 g/mol. The molecule has 0 aliphatic carbocycles. The van der Waals surface area contributed by atoms with Crippen LogP contribution in [0.1, 0.15) is 0 Å². The Bertz CT molecular complexity index is 967. The first-order valence-electron chi connectivity index (χ1n) is 7.22. The number of nitrogens with one attached hydrogen (secondary N) is 1. The maximum atomic E-state index is 12.5. The number of nitrogens with zero attached hydrogens (tertiary/aromatic N) is 2. The minimum atomic E-state index is -3.76. The number of morpholine rings is 1. The molecule has 24 heavy (non-hydrogen) atoms. The second-order valence-corrected chi connectivity index (χ2v) is 9.06. The summed E-state index contributed by atoms with van der Waals surface area (Å²) >= 11 is 0. The van der Waals surface area contributed by atoms with Gasteiger partial charge in [-0.1, -0.05) is 0 Å². The third kappa shape index (κ3) is 3.36. The molecule has 1 fully saturated rings. The molecule has 0 radical (unpaired) electrons. The lowest BCUT2D eigenvalue weighted by atomic mass is 10.2. The molecule has 0 unspecified atom stereocenters. The highest BCUT2D eigenvalue weighted by molar-refractivity contribution is 7.91. The summed E-state index contributed by atoms with van der Waals surface area (Å²) in [6.07, 6.45) is 2.59. The van der Waals surface area contributed by atoms with Crippen LogP contribution < -0.4 is 4.72 Å². The maximum Gasteiger partial charge on any atom is 0.301 e. The number of benzene rings is 1. The smallest absolute Gasteiger partial charge is 0.301 e. The lowest BCUT2D eigenvalue weighted by Crippen LogP contribution is -2.43. The predicted octanol–water partition coefficient (Wildman–Crippen LogP) is 0.627. The van der Waals surface area contributed by atoms with Crippen molar-refractivity contribution in [3.8, 4) is 0 Å². The molecule has 0 spiro atoms. The van der Waals surface area contributed by atoms with Crippen LogP contribution in [-0.4, -0.2) is 58.7 Å². The molecule has 0 bridgehead atoms. The summed E-state index contributed by atoms with van der Waals surface area (Å²) in [4.78, 5) is 4.26. The Hall–Kier alpha value is -1.75. The summed E-state index contributed by atoms with van der Waals surface area (Å²) in [7, 11) is -7.22. The van der Waals surface area contributed by atoms with E-state index in [4.69, 9.17) is 4.74 Å². The molecule has 0 atom stereocenters. The first-order valence-corrected chi connectivity index (χ1v) is 10.6. The van der Waals surface area contributed by atoms with E-state index < -0.39 is 20.0 Å². The molecule has 1 saturated heterocycles. The van der Waals surface area contributed by atoms with Gasteiger partial charge in [-0.15, -0.1) is 0 Å². The Morgan fingerprint density at radius 3 is 2.50 bits per heavy atom. The Labute approximate surface area is 140 Å². The van der Waals surface area contributed by atoms with Crippen molar-refractivity contribution in [3.05, 3.63) is 30.5 Å². The molecule has 1 N–H and O–H groups in total. The highest BCUT2D eigenvalue weighted by Gasteiger charge is 2.25. The van der Waals surface area contributed by atoms with Crippen LogP contribution in [0, 0.1) is 0 Å². The van der Waals surface area contributed by atoms with E-state index in [1.165, 1.54) is 22.6 Å². The van der Waals surface area contributed by atoms with Gasteiger partial charge in [-0.25, -0.2) is 8.42 Å². The summed E-state index contributed by atoms with van der Waals surface area (Å²) < 4.78 is 57.7. The van der Waals surface area contributed by atoms with Crippen LogP contribution in [0.3, 0.4) is 0 Å². The minimum absolute atomic E-state index is 0.111. The van der Waals surface area contributed by atoms with Crippen LogP contribution in [0.2, 0.25) is 0 Å². The van der Waals surface area contributed by atoms with Crippen LogP contribution in [0.15, 0.2) is 35.4 Å². The zero-order valence-electron chi connectivity index (χ0n) is 13.0. The molecule has 2 heterocycles. The third-order valence-electron chi connectivity index (χ3n) is 3.68. The number of ether oxygens (including phenoxy) is 1. The lowest BCUT2D eigenvalue weighted by molar-refractivity contribution is 0.0733. The quantitative estimate of drug-likeness (QED) is 0.845. The molecule has 0 amide bonds. The fourth-order valence-electron chi connectivity index (χ4n) is 2.54. The van der Waals surface area contributed by atoms with Crippen molar-refractivity contribution in [2.24, 2.45) is 0 Å². The zero-order chi connectivity index (χ0) is 17.4. The monoisotopic (exact) mass is 371 g/mol. The van der Waals surface area contributed by atoms with Crippen molar-refractivity contribution >= 4 is 36.6 Å². The number of rotatable bonds is 4. The van der Waals surface area contributed by atoms with Gasteiger partial charge >= 0.3 is 10.2 Å². The average molecular weight is 371 g/mol. The average Bonchev–Trinajstić information content (AvgIpc) is 2.54. The molecule has 10 heteroatoms. The second-order valence-electron chi connectivity index (χ2n) is 5.40. The fraction of sp³-hybridized carbons (Fsp3) is 0.357. The van der Waals surface area contributed by atoms with Crippen LogP contribution in [0.4, 0.5) is 5.69 Å². The molecule has 0 saturated carbocycles. The molecule has 1 aliphatic heterocycles. The van der Waals surface area contributed by atoms with E-state index >= 15 is 0 Å². The van der Waals surface area contributed by atoms with Crippen molar-refractivity contribution in [3.63, 3.8) is 0 Å². The van der Waals surface area contributed by atoms with Crippen LogP contribution in [-0.2, 0) is 24.8 Å². The van der Waals surface area contributed by atoms with Crippen molar-refractivity contribution in [2.45, 2.75) is 4.90 Å². The van der Waals surface area contributed by atoms with Gasteiger partial charge in [-0.3, -0.25) is 9.71 Å². The van der Waals surface area contributed by atoms with Gasteiger partial charge in [0, 0.05) is 30.9 Å². The van der Waals surface area contributed by atoms with Crippen molar-refractivity contribution in [1.82, 2.24) is 9.29 Å². The third-order valence-corrected chi connectivity index (χ3v) is 6.36. The van der Waals surface area contributed by atoms with Crippen LogP contribution in [0.25, 0.3) is 10.9 Å². The first-order chi connectivity index (χ1) is 11.3.